The summed E-state index contributed by atoms with van der Waals surface area (Å²) in [4.78, 5) is 12.1. The Morgan fingerprint density at radius 1 is 1.03 bits per heavy atom. The van der Waals surface area contributed by atoms with Crippen LogP contribution in [0.3, 0.4) is 0 Å². The Bertz CT molecular complexity index is 1230. The van der Waals surface area contributed by atoms with Gasteiger partial charge in [-0.3, -0.25) is 0 Å². The quantitative estimate of drug-likeness (QED) is 0.555. The molecule has 2 aliphatic heterocycles. The molecule has 162 valence electrons. The summed E-state index contributed by atoms with van der Waals surface area (Å²) in [6, 6.07) is 18.4. The maximum Gasteiger partial charge on any atom is 0.337 e. The minimum Gasteiger partial charge on any atom is -0.489 e. The van der Waals surface area contributed by atoms with Crippen molar-refractivity contribution in [2.45, 2.75) is 19.6 Å². The topological polar surface area (TPSA) is 74.2 Å². The molecule has 32 heavy (non-hydrogen) atoms. The number of halogens is 1. The fourth-order valence-corrected chi connectivity index (χ4v) is 4.01. The van der Waals surface area contributed by atoms with Crippen molar-refractivity contribution in [2.24, 2.45) is 0 Å². The van der Waals surface area contributed by atoms with E-state index in [2.05, 4.69) is 0 Å². The van der Waals surface area contributed by atoms with E-state index in [1.807, 2.05) is 31.2 Å². The molecule has 0 spiro atoms. The number of carboxylic acids is 1. The third-order valence-corrected chi connectivity index (χ3v) is 5.79. The summed E-state index contributed by atoms with van der Waals surface area (Å²) in [5, 5.41) is 10.0. The van der Waals surface area contributed by atoms with Gasteiger partial charge in [-0.1, -0.05) is 47.5 Å². The van der Waals surface area contributed by atoms with Crippen molar-refractivity contribution >= 4 is 22.6 Å². The number of carboxylic acid groups (broad SMARTS) is 1. The Labute approximate surface area is 189 Å². The molecular formula is C25H19ClO6. The first-order valence-electron chi connectivity index (χ1n) is 10.0. The summed E-state index contributed by atoms with van der Waals surface area (Å²) in [6.45, 7) is 2.53. The SMILES string of the molecule is Cc1ccc(COc2ccc3c(c2)C(Cl)=C(C(=O)O)C(c2ccc4c(c2)OCO4)O3)cc1. The van der Waals surface area contributed by atoms with E-state index in [4.69, 9.17) is 30.5 Å². The summed E-state index contributed by atoms with van der Waals surface area (Å²) in [6.07, 6.45) is -0.888. The smallest absolute Gasteiger partial charge is 0.337 e. The van der Waals surface area contributed by atoms with E-state index in [1.54, 1.807) is 36.4 Å². The molecule has 0 aromatic heterocycles. The lowest BCUT2D eigenvalue weighted by Gasteiger charge is -2.28. The van der Waals surface area contributed by atoms with Crippen molar-refractivity contribution in [1.82, 2.24) is 0 Å². The van der Waals surface area contributed by atoms with Crippen LogP contribution in [0.2, 0.25) is 0 Å². The Hall–Kier alpha value is -3.64. The van der Waals surface area contributed by atoms with Crippen molar-refractivity contribution in [2.75, 3.05) is 6.79 Å². The van der Waals surface area contributed by atoms with Crippen molar-refractivity contribution in [3.05, 3.63) is 88.5 Å². The lowest BCUT2D eigenvalue weighted by molar-refractivity contribution is -0.133. The molecule has 0 fully saturated rings. The van der Waals surface area contributed by atoms with Gasteiger partial charge in [-0.05, 0) is 42.8 Å². The standard InChI is InChI=1S/C25H19ClO6/c1-14-2-4-15(5-3-14)12-29-17-7-9-19-18(11-17)23(26)22(25(27)28)24(32-19)16-6-8-20-21(10-16)31-13-30-20/h2-11,24H,12-13H2,1H3,(H,27,28). The van der Waals surface area contributed by atoms with Crippen LogP contribution in [0.15, 0.2) is 66.2 Å². The monoisotopic (exact) mass is 450 g/mol. The zero-order valence-electron chi connectivity index (χ0n) is 17.1. The molecule has 3 aromatic rings. The Morgan fingerprint density at radius 3 is 2.56 bits per heavy atom. The van der Waals surface area contributed by atoms with E-state index in [0.29, 0.717) is 40.7 Å². The van der Waals surface area contributed by atoms with Gasteiger partial charge in [0.2, 0.25) is 6.79 Å². The number of carbonyl (C=O) groups is 1. The maximum atomic E-state index is 12.1. The lowest BCUT2D eigenvalue weighted by Crippen LogP contribution is -2.21. The highest BCUT2D eigenvalue weighted by Crippen LogP contribution is 2.46. The Morgan fingerprint density at radius 2 is 1.78 bits per heavy atom. The van der Waals surface area contributed by atoms with Crippen LogP contribution in [-0.4, -0.2) is 17.9 Å². The second kappa shape index (κ2) is 8.13. The van der Waals surface area contributed by atoms with Crippen molar-refractivity contribution < 1.29 is 28.8 Å². The maximum absolute atomic E-state index is 12.1. The first-order chi connectivity index (χ1) is 15.5. The minimum absolute atomic E-state index is 0.0475. The van der Waals surface area contributed by atoms with Gasteiger partial charge in [0.1, 0.15) is 23.7 Å². The molecule has 0 aliphatic carbocycles. The fraction of sp³-hybridized carbons (Fsp3) is 0.160. The molecule has 3 aromatic carbocycles. The number of benzene rings is 3. The molecule has 0 saturated heterocycles. The van der Waals surface area contributed by atoms with Gasteiger partial charge in [-0.25, -0.2) is 4.79 Å². The molecule has 1 N–H and O–H groups in total. The van der Waals surface area contributed by atoms with Crippen LogP contribution < -0.4 is 18.9 Å². The molecule has 2 aliphatic rings. The summed E-state index contributed by atoms with van der Waals surface area (Å²) >= 11 is 6.58. The normalized spacial score (nSPS) is 16.4. The van der Waals surface area contributed by atoms with Gasteiger partial charge in [-0.15, -0.1) is 0 Å². The van der Waals surface area contributed by atoms with E-state index in [9.17, 15) is 9.90 Å². The van der Waals surface area contributed by atoms with Gasteiger partial charge in [0, 0.05) is 11.1 Å². The van der Waals surface area contributed by atoms with Gasteiger partial charge in [-0.2, -0.15) is 0 Å². The van der Waals surface area contributed by atoms with E-state index in [0.717, 1.165) is 5.56 Å². The van der Waals surface area contributed by atoms with Crippen LogP contribution in [-0.2, 0) is 11.4 Å². The van der Waals surface area contributed by atoms with Crippen LogP contribution >= 0.6 is 11.6 Å². The molecule has 5 rings (SSSR count). The molecule has 1 unspecified atom stereocenters. The predicted octanol–water partition coefficient (Wildman–Crippen LogP) is 5.47. The van der Waals surface area contributed by atoms with Crippen molar-refractivity contribution in [3.63, 3.8) is 0 Å². The number of ether oxygens (including phenoxy) is 4. The van der Waals surface area contributed by atoms with Crippen LogP contribution in [0.25, 0.3) is 5.03 Å². The number of aliphatic carboxylic acids is 1. The highest BCUT2D eigenvalue weighted by molar-refractivity contribution is 6.51. The average molecular weight is 451 g/mol. The molecule has 0 bridgehead atoms. The second-order valence-electron chi connectivity index (χ2n) is 7.58. The van der Waals surface area contributed by atoms with Crippen molar-refractivity contribution in [3.8, 4) is 23.0 Å². The third kappa shape index (κ3) is 3.74. The summed E-state index contributed by atoms with van der Waals surface area (Å²) in [5.41, 5.74) is 3.24. The Kier molecular flexibility index (Phi) is 5.15. The van der Waals surface area contributed by atoms with Gasteiger partial charge >= 0.3 is 5.97 Å². The highest BCUT2D eigenvalue weighted by Gasteiger charge is 2.35. The molecule has 2 heterocycles. The van der Waals surface area contributed by atoms with E-state index >= 15 is 0 Å². The van der Waals surface area contributed by atoms with Crippen LogP contribution in [0.4, 0.5) is 0 Å². The first kappa shape index (κ1) is 20.3. The molecule has 0 saturated carbocycles. The van der Waals surface area contributed by atoms with Crippen molar-refractivity contribution in [1.29, 1.82) is 0 Å². The van der Waals surface area contributed by atoms with Gasteiger partial charge in [0.25, 0.3) is 0 Å². The molecular weight excluding hydrogens is 432 g/mol. The van der Waals surface area contributed by atoms with Gasteiger partial charge in [0.05, 0.1) is 5.03 Å². The third-order valence-electron chi connectivity index (χ3n) is 5.39. The lowest BCUT2D eigenvalue weighted by atomic mass is 9.95. The van der Waals surface area contributed by atoms with E-state index < -0.39 is 12.1 Å². The van der Waals surface area contributed by atoms with Crippen LogP contribution in [0, 0.1) is 6.92 Å². The molecule has 0 amide bonds. The summed E-state index contributed by atoms with van der Waals surface area (Å²) in [5.74, 6) is 1.03. The fourth-order valence-electron chi connectivity index (χ4n) is 3.69. The van der Waals surface area contributed by atoms with Crippen LogP contribution in [0.5, 0.6) is 23.0 Å². The second-order valence-corrected chi connectivity index (χ2v) is 7.95. The zero-order valence-corrected chi connectivity index (χ0v) is 17.9. The molecule has 0 radical (unpaired) electrons. The first-order valence-corrected chi connectivity index (χ1v) is 10.4. The van der Waals surface area contributed by atoms with Gasteiger partial charge < -0.3 is 24.1 Å². The summed E-state index contributed by atoms with van der Waals surface area (Å²) < 4.78 is 22.7. The number of hydrogen-bond donors (Lipinski definition) is 1. The molecule has 7 heteroatoms. The minimum atomic E-state index is -1.16. The van der Waals surface area contributed by atoms with E-state index in [1.165, 1.54) is 5.56 Å². The molecule has 1 atom stereocenters. The van der Waals surface area contributed by atoms with Crippen LogP contribution in [0.1, 0.15) is 28.4 Å². The largest absolute Gasteiger partial charge is 0.489 e. The Balaban J connectivity index is 1.45. The number of hydrogen-bond acceptors (Lipinski definition) is 5. The van der Waals surface area contributed by atoms with Gasteiger partial charge in [0.15, 0.2) is 17.6 Å². The number of aryl methyl sites for hydroxylation is 1. The predicted molar refractivity (Wildman–Crippen MR) is 118 cm³/mol. The molecule has 6 nitrogen and oxygen atoms in total. The number of rotatable bonds is 5. The average Bonchev–Trinajstić information content (AvgIpc) is 3.26. The zero-order chi connectivity index (χ0) is 22.2. The summed E-state index contributed by atoms with van der Waals surface area (Å²) in [7, 11) is 0. The highest BCUT2D eigenvalue weighted by atomic mass is 35.5. The van der Waals surface area contributed by atoms with E-state index in [-0.39, 0.29) is 17.4 Å². The number of fused-ring (bicyclic) bond motifs is 2.